The molecule has 0 radical (unpaired) electrons. The van der Waals surface area contributed by atoms with Gasteiger partial charge in [-0.25, -0.2) is 0 Å². The van der Waals surface area contributed by atoms with Crippen LogP contribution >= 0.6 is 12.2 Å². The summed E-state index contributed by atoms with van der Waals surface area (Å²) in [7, 11) is 1.31. The number of anilines is 2. The van der Waals surface area contributed by atoms with Gasteiger partial charge in [-0.1, -0.05) is 17.7 Å². The molecule has 0 aliphatic carbocycles. The summed E-state index contributed by atoms with van der Waals surface area (Å²) >= 11 is 5.15. The molecule has 0 fully saturated rings. The van der Waals surface area contributed by atoms with Crippen molar-refractivity contribution in [1.82, 2.24) is 5.32 Å². The van der Waals surface area contributed by atoms with Crippen LogP contribution in [0.4, 0.5) is 17.1 Å². The maximum Gasteiger partial charge on any atom is 0.311 e. The third-order valence-electron chi connectivity index (χ3n) is 4.55. The SMILES string of the molecule is COc1ccc(C(=O)NC(=S)Nc2ccc(NC(=O)c3cccc(C)c3)cc2)cc1[N+](=O)[O-]. The summed E-state index contributed by atoms with van der Waals surface area (Å²) in [6.45, 7) is 1.91. The molecule has 2 amide bonds. The summed E-state index contributed by atoms with van der Waals surface area (Å²) in [6, 6.07) is 17.9. The minimum Gasteiger partial charge on any atom is -0.490 e. The zero-order chi connectivity index (χ0) is 24.0. The van der Waals surface area contributed by atoms with Crippen molar-refractivity contribution >= 4 is 46.2 Å². The van der Waals surface area contributed by atoms with Crippen LogP contribution in [0.2, 0.25) is 0 Å². The first-order chi connectivity index (χ1) is 15.8. The first-order valence-corrected chi connectivity index (χ1v) is 10.1. The normalized spacial score (nSPS) is 10.1. The van der Waals surface area contributed by atoms with E-state index < -0.39 is 10.8 Å². The van der Waals surface area contributed by atoms with E-state index in [2.05, 4.69) is 16.0 Å². The lowest BCUT2D eigenvalue weighted by atomic mass is 10.1. The molecule has 3 N–H and O–H groups in total. The molecular weight excluding hydrogens is 444 g/mol. The third kappa shape index (κ3) is 6.11. The van der Waals surface area contributed by atoms with Gasteiger partial charge < -0.3 is 15.4 Å². The first-order valence-electron chi connectivity index (χ1n) is 9.69. The molecule has 0 heterocycles. The molecule has 10 heteroatoms. The molecule has 0 unspecified atom stereocenters. The van der Waals surface area contributed by atoms with Crippen LogP contribution in [0.25, 0.3) is 0 Å². The van der Waals surface area contributed by atoms with E-state index in [0.717, 1.165) is 11.6 Å². The predicted octanol–water partition coefficient (Wildman–Crippen LogP) is 4.29. The zero-order valence-electron chi connectivity index (χ0n) is 17.7. The lowest BCUT2D eigenvalue weighted by Gasteiger charge is -2.11. The molecule has 0 atom stereocenters. The van der Waals surface area contributed by atoms with Gasteiger partial charge in [0.15, 0.2) is 10.9 Å². The number of nitrogens with one attached hydrogen (secondary N) is 3. The van der Waals surface area contributed by atoms with Gasteiger partial charge in [0, 0.05) is 28.6 Å². The van der Waals surface area contributed by atoms with Crippen LogP contribution in [0.3, 0.4) is 0 Å². The standard InChI is InChI=1S/C23H20N4O5S/c1-14-4-3-5-15(12-14)21(28)24-17-7-9-18(10-8-17)25-23(33)26-22(29)16-6-11-20(32-2)19(13-16)27(30)31/h3-13H,1-2H3,(H,24,28)(H2,25,26,29,33). The predicted molar refractivity (Wildman–Crippen MR) is 129 cm³/mol. The number of benzene rings is 3. The van der Waals surface area contributed by atoms with Crippen molar-refractivity contribution < 1.29 is 19.2 Å². The number of nitro benzene ring substituents is 1. The summed E-state index contributed by atoms with van der Waals surface area (Å²) in [6.07, 6.45) is 0. The van der Waals surface area contributed by atoms with Gasteiger partial charge in [-0.2, -0.15) is 0 Å². The van der Waals surface area contributed by atoms with E-state index in [0.29, 0.717) is 16.9 Å². The van der Waals surface area contributed by atoms with Crippen molar-refractivity contribution in [3.05, 3.63) is 93.5 Å². The Morgan fingerprint density at radius 1 is 0.909 bits per heavy atom. The summed E-state index contributed by atoms with van der Waals surface area (Å²) in [5, 5.41) is 19.3. The van der Waals surface area contributed by atoms with Gasteiger partial charge in [0.05, 0.1) is 12.0 Å². The van der Waals surface area contributed by atoms with Gasteiger partial charge in [0.2, 0.25) is 0 Å². The van der Waals surface area contributed by atoms with E-state index >= 15 is 0 Å². The number of aryl methyl sites for hydroxylation is 1. The Labute approximate surface area is 194 Å². The van der Waals surface area contributed by atoms with Crippen LogP contribution in [0.1, 0.15) is 26.3 Å². The van der Waals surface area contributed by atoms with Crippen molar-refractivity contribution in [2.45, 2.75) is 6.92 Å². The van der Waals surface area contributed by atoms with Crippen LogP contribution in [-0.4, -0.2) is 29.0 Å². The number of amides is 2. The molecule has 0 spiro atoms. The van der Waals surface area contributed by atoms with Gasteiger partial charge in [-0.05, 0) is 67.7 Å². The molecule has 0 aliphatic rings. The lowest BCUT2D eigenvalue weighted by molar-refractivity contribution is -0.385. The average Bonchev–Trinajstić information content (AvgIpc) is 2.79. The molecule has 3 rings (SSSR count). The van der Waals surface area contributed by atoms with Crippen molar-refractivity contribution in [2.24, 2.45) is 0 Å². The summed E-state index contributed by atoms with van der Waals surface area (Å²) in [4.78, 5) is 35.3. The maximum absolute atomic E-state index is 12.4. The lowest BCUT2D eigenvalue weighted by Crippen LogP contribution is -2.34. The third-order valence-corrected chi connectivity index (χ3v) is 4.75. The number of carbonyl (C=O) groups excluding carboxylic acids is 2. The molecule has 3 aromatic rings. The van der Waals surface area contributed by atoms with Gasteiger partial charge in [0.25, 0.3) is 11.8 Å². The topological polar surface area (TPSA) is 123 Å². The second-order valence-corrected chi connectivity index (χ2v) is 7.36. The van der Waals surface area contributed by atoms with Crippen molar-refractivity contribution in [3.8, 4) is 5.75 Å². The molecule has 3 aromatic carbocycles. The van der Waals surface area contributed by atoms with E-state index in [1.807, 2.05) is 19.1 Å². The minimum atomic E-state index is -0.633. The number of rotatable bonds is 6. The number of methoxy groups -OCH3 is 1. The van der Waals surface area contributed by atoms with Crippen LogP contribution in [0.5, 0.6) is 5.75 Å². The Balaban J connectivity index is 1.59. The molecule has 0 bridgehead atoms. The van der Waals surface area contributed by atoms with E-state index in [1.165, 1.54) is 19.2 Å². The number of thiocarbonyl (C=S) groups is 1. The fourth-order valence-electron chi connectivity index (χ4n) is 2.94. The fourth-order valence-corrected chi connectivity index (χ4v) is 3.15. The quantitative estimate of drug-likeness (QED) is 0.282. The Morgan fingerprint density at radius 3 is 2.15 bits per heavy atom. The molecule has 0 aliphatic heterocycles. The average molecular weight is 465 g/mol. The molecule has 9 nitrogen and oxygen atoms in total. The van der Waals surface area contributed by atoms with Gasteiger partial charge >= 0.3 is 5.69 Å². The number of hydrogen-bond acceptors (Lipinski definition) is 6. The molecule has 33 heavy (non-hydrogen) atoms. The number of hydrogen-bond donors (Lipinski definition) is 3. The Bertz CT molecular complexity index is 1230. The monoisotopic (exact) mass is 464 g/mol. The highest BCUT2D eigenvalue weighted by Gasteiger charge is 2.18. The summed E-state index contributed by atoms with van der Waals surface area (Å²) in [5.74, 6) is -0.789. The highest BCUT2D eigenvalue weighted by molar-refractivity contribution is 7.80. The zero-order valence-corrected chi connectivity index (χ0v) is 18.6. The maximum atomic E-state index is 12.4. The molecular formula is C23H20N4O5S. The van der Waals surface area contributed by atoms with Crippen LogP contribution < -0.4 is 20.7 Å². The Kier molecular flexibility index (Phi) is 7.31. The number of ether oxygens (including phenoxy) is 1. The largest absolute Gasteiger partial charge is 0.490 e. The highest BCUT2D eigenvalue weighted by Crippen LogP contribution is 2.27. The number of carbonyl (C=O) groups is 2. The molecule has 168 valence electrons. The number of nitrogens with zero attached hydrogens (tertiary/aromatic N) is 1. The van der Waals surface area contributed by atoms with Gasteiger partial charge in [0.1, 0.15) is 0 Å². The molecule has 0 aromatic heterocycles. The molecule has 0 saturated heterocycles. The second kappa shape index (κ2) is 10.3. The Hall–Kier alpha value is -4.31. The van der Waals surface area contributed by atoms with E-state index in [-0.39, 0.29) is 28.0 Å². The van der Waals surface area contributed by atoms with Crippen molar-refractivity contribution in [2.75, 3.05) is 17.7 Å². The smallest absolute Gasteiger partial charge is 0.311 e. The van der Waals surface area contributed by atoms with Crippen LogP contribution in [0, 0.1) is 17.0 Å². The molecule has 0 saturated carbocycles. The van der Waals surface area contributed by atoms with Crippen LogP contribution in [0.15, 0.2) is 66.7 Å². The fraction of sp³-hybridized carbons (Fsp3) is 0.0870. The summed E-state index contributed by atoms with van der Waals surface area (Å²) in [5.41, 5.74) is 2.44. The highest BCUT2D eigenvalue weighted by atomic mass is 32.1. The Morgan fingerprint density at radius 2 is 1.55 bits per heavy atom. The van der Waals surface area contributed by atoms with Gasteiger partial charge in [-0.15, -0.1) is 0 Å². The van der Waals surface area contributed by atoms with E-state index in [1.54, 1.807) is 36.4 Å². The van der Waals surface area contributed by atoms with Gasteiger partial charge in [-0.3, -0.25) is 25.0 Å². The first kappa shape index (κ1) is 23.4. The van der Waals surface area contributed by atoms with E-state index in [9.17, 15) is 19.7 Å². The number of nitro groups is 1. The van der Waals surface area contributed by atoms with Crippen LogP contribution in [-0.2, 0) is 0 Å². The minimum absolute atomic E-state index is 0.00928. The second-order valence-electron chi connectivity index (χ2n) is 6.95. The van der Waals surface area contributed by atoms with Crippen molar-refractivity contribution in [1.29, 1.82) is 0 Å². The van der Waals surface area contributed by atoms with E-state index in [4.69, 9.17) is 17.0 Å². The summed E-state index contributed by atoms with van der Waals surface area (Å²) < 4.78 is 4.93. The van der Waals surface area contributed by atoms with Crippen molar-refractivity contribution in [3.63, 3.8) is 0 Å².